The number of rotatable bonds is 15. The fraction of sp³-hybridized carbons (Fsp3) is 0.562. The van der Waals surface area contributed by atoms with E-state index in [-0.39, 0.29) is 17.8 Å². The first-order chi connectivity index (χ1) is 18.7. The van der Waals surface area contributed by atoms with Crippen LogP contribution in [0.5, 0.6) is 11.5 Å². The summed E-state index contributed by atoms with van der Waals surface area (Å²) in [6.45, 7) is 6.86. The normalized spacial score (nSPS) is 21.7. The van der Waals surface area contributed by atoms with Crippen molar-refractivity contribution in [2.24, 2.45) is 5.92 Å². The Labute approximate surface area is 232 Å². The second kappa shape index (κ2) is 13.4. The van der Waals surface area contributed by atoms with E-state index in [0.29, 0.717) is 43.5 Å². The van der Waals surface area contributed by atoms with Crippen LogP contribution in [0.3, 0.4) is 0 Å². The fourth-order valence-corrected chi connectivity index (χ4v) is 5.86. The number of ketones is 1. The molecule has 3 aliphatic rings. The summed E-state index contributed by atoms with van der Waals surface area (Å²) in [7, 11) is 1.60. The average molecular weight is 537 g/mol. The van der Waals surface area contributed by atoms with Gasteiger partial charge in [-0.1, -0.05) is 18.6 Å². The molecule has 1 unspecified atom stereocenters. The first-order valence-electron chi connectivity index (χ1n) is 14.4. The van der Waals surface area contributed by atoms with Gasteiger partial charge in [0, 0.05) is 37.0 Å². The lowest BCUT2D eigenvalue weighted by molar-refractivity contribution is -0.123. The number of aliphatic hydroxyl groups excluding tert-OH is 1. The van der Waals surface area contributed by atoms with Crippen molar-refractivity contribution in [3.8, 4) is 11.5 Å². The molecule has 2 aromatic carbocycles. The predicted octanol–water partition coefficient (Wildman–Crippen LogP) is 5.32. The molecule has 7 nitrogen and oxygen atoms in total. The summed E-state index contributed by atoms with van der Waals surface area (Å²) in [5, 5.41) is 14.5. The van der Waals surface area contributed by atoms with E-state index in [1.54, 1.807) is 31.4 Å². The molecule has 2 aromatic rings. The number of unbranched alkanes of at least 4 members (excludes halogenated alkanes) is 2. The molecule has 2 N–H and O–H groups in total. The molecule has 212 valence electrons. The number of hydrogen-bond donors (Lipinski definition) is 2. The van der Waals surface area contributed by atoms with Crippen LogP contribution in [0.1, 0.15) is 87.7 Å². The van der Waals surface area contributed by atoms with Crippen molar-refractivity contribution in [1.82, 2.24) is 10.2 Å². The van der Waals surface area contributed by atoms with E-state index in [1.165, 1.54) is 12.8 Å². The predicted molar refractivity (Wildman–Crippen MR) is 152 cm³/mol. The SMILES string of the molecule is COc1ccc(C(=O)CCCCCC(=O)N[C@H](CN2C3CC(C3)C2C)[C@H](O)c2ccc(OC(C)C)cc2)cc1. The standard InChI is InChI=1S/C32H44N2O5/c1-21(2)39-28-16-12-24(13-17-28)32(37)29(20-34-22(3)25-18-26(34)19-25)33-31(36)9-7-5-6-8-30(35)23-10-14-27(38-4)15-11-23/h10-17,21-22,25-26,29,32,37H,5-9,18-20H2,1-4H3,(H,33,36)/t22?,25?,26?,29-,32-/m1/s1. The van der Waals surface area contributed by atoms with E-state index in [4.69, 9.17) is 9.47 Å². The Morgan fingerprint density at radius 1 is 0.974 bits per heavy atom. The average Bonchev–Trinajstić information content (AvgIpc) is 3.37. The third-order valence-electron chi connectivity index (χ3n) is 8.27. The summed E-state index contributed by atoms with van der Waals surface area (Å²) in [6.07, 6.45) is 4.78. The second-order valence-electron chi connectivity index (χ2n) is 11.4. The van der Waals surface area contributed by atoms with Gasteiger partial charge in [0.2, 0.25) is 5.91 Å². The van der Waals surface area contributed by atoms with Gasteiger partial charge in [-0.15, -0.1) is 0 Å². The molecule has 0 radical (unpaired) electrons. The second-order valence-corrected chi connectivity index (χ2v) is 11.4. The molecule has 2 heterocycles. The van der Waals surface area contributed by atoms with Gasteiger partial charge in [0.1, 0.15) is 17.6 Å². The number of Topliss-reactive ketones (excluding diaryl/α,β-unsaturated/α-hetero) is 1. The van der Waals surface area contributed by atoms with Crippen LogP contribution in [0.15, 0.2) is 48.5 Å². The summed E-state index contributed by atoms with van der Waals surface area (Å²) >= 11 is 0. The van der Waals surface area contributed by atoms with E-state index in [0.717, 1.165) is 35.8 Å². The summed E-state index contributed by atoms with van der Waals surface area (Å²) in [5.74, 6) is 2.28. The van der Waals surface area contributed by atoms with Crippen molar-refractivity contribution in [3.05, 3.63) is 59.7 Å². The van der Waals surface area contributed by atoms with E-state index in [1.807, 2.05) is 38.1 Å². The zero-order chi connectivity index (χ0) is 27.9. The molecule has 1 saturated carbocycles. The Morgan fingerprint density at radius 2 is 1.62 bits per heavy atom. The number of benzene rings is 2. The minimum Gasteiger partial charge on any atom is -0.497 e. The minimum atomic E-state index is -0.811. The number of aliphatic hydroxyl groups is 1. The lowest BCUT2D eigenvalue weighted by Gasteiger charge is -2.32. The van der Waals surface area contributed by atoms with Gasteiger partial charge in [0.15, 0.2) is 5.78 Å². The Morgan fingerprint density at radius 3 is 2.21 bits per heavy atom. The smallest absolute Gasteiger partial charge is 0.220 e. The van der Waals surface area contributed by atoms with E-state index in [2.05, 4.69) is 17.1 Å². The van der Waals surface area contributed by atoms with Gasteiger partial charge in [-0.3, -0.25) is 14.5 Å². The molecule has 3 fully saturated rings. The van der Waals surface area contributed by atoms with Crippen molar-refractivity contribution in [3.63, 3.8) is 0 Å². The Hall–Kier alpha value is -2.90. The molecule has 3 atom stereocenters. The van der Waals surface area contributed by atoms with Crippen molar-refractivity contribution in [1.29, 1.82) is 0 Å². The third kappa shape index (κ3) is 7.61. The van der Waals surface area contributed by atoms with Crippen molar-refractivity contribution in [2.45, 2.75) is 96.1 Å². The molecule has 0 spiro atoms. The van der Waals surface area contributed by atoms with Crippen LogP contribution in [-0.2, 0) is 4.79 Å². The highest BCUT2D eigenvalue weighted by atomic mass is 16.5. The molecule has 1 amide bonds. The van der Waals surface area contributed by atoms with E-state index < -0.39 is 12.1 Å². The maximum absolute atomic E-state index is 13.0. The van der Waals surface area contributed by atoms with Gasteiger partial charge in [-0.25, -0.2) is 0 Å². The number of nitrogens with zero attached hydrogens (tertiary/aromatic N) is 1. The van der Waals surface area contributed by atoms with Gasteiger partial charge in [-0.05, 0) is 94.3 Å². The molecular weight excluding hydrogens is 492 g/mol. The summed E-state index contributed by atoms with van der Waals surface area (Å²) in [6, 6.07) is 15.3. The Balaban J connectivity index is 1.27. The van der Waals surface area contributed by atoms with Crippen LogP contribution >= 0.6 is 0 Å². The molecule has 2 saturated heterocycles. The lowest BCUT2D eigenvalue weighted by atomic mass is 9.83. The number of amides is 1. The van der Waals surface area contributed by atoms with Crippen molar-refractivity contribution in [2.75, 3.05) is 13.7 Å². The van der Waals surface area contributed by atoms with Crippen LogP contribution in [0.25, 0.3) is 0 Å². The van der Waals surface area contributed by atoms with Crippen LogP contribution in [-0.4, -0.2) is 59.6 Å². The number of ether oxygens (including phenoxy) is 2. The van der Waals surface area contributed by atoms with Gasteiger partial charge in [0.05, 0.1) is 19.3 Å². The number of methoxy groups -OCH3 is 1. The number of nitrogens with one attached hydrogen (secondary N) is 1. The molecular formula is C32H44N2O5. The Bertz CT molecular complexity index is 1080. The highest BCUT2D eigenvalue weighted by molar-refractivity contribution is 5.96. The molecule has 7 heteroatoms. The van der Waals surface area contributed by atoms with Crippen molar-refractivity contribution >= 4 is 11.7 Å². The highest BCUT2D eigenvalue weighted by Gasteiger charge is 2.49. The van der Waals surface area contributed by atoms with Gasteiger partial charge < -0.3 is 19.9 Å². The zero-order valence-corrected chi connectivity index (χ0v) is 23.8. The number of carbonyl (C=O) groups is 2. The molecule has 2 aliphatic heterocycles. The van der Waals surface area contributed by atoms with Crippen LogP contribution in [0.4, 0.5) is 0 Å². The number of carbonyl (C=O) groups excluding carboxylic acids is 2. The molecule has 0 aromatic heterocycles. The quantitative estimate of drug-likeness (QED) is 0.237. The third-order valence-corrected chi connectivity index (χ3v) is 8.27. The van der Waals surface area contributed by atoms with Gasteiger partial charge in [0.25, 0.3) is 0 Å². The Kier molecular flexibility index (Phi) is 10.0. The molecule has 2 bridgehead atoms. The first kappa shape index (κ1) is 29.1. The highest BCUT2D eigenvalue weighted by Crippen LogP contribution is 2.45. The summed E-state index contributed by atoms with van der Waals surface area (Å²) < 4.78 is 10.9. The lowest BCUT2D eigenvalue weighted by Crippen LogP contribution is -2.49. The monoisotopic (exact) mass is 536 g/mol. The molecule has 1 aliphatic carbocycles. The first-order valence-corrected chi connectivity index (χ1v) is 14.4. The molecule has 5 rings (SSSR count). The largest absolute Gasteiger partial charge is 0.497 e. The van der Waals surface area contributed by atoms with Gasteiger partial charge >= 0.3 is 0 Å². The fourth-order valence-electron chi connectivity index (χ4n) is 5.86. The topological polar surface area (TPSA) is 88.1 Å². The summed E-state index contributed by atoms with van der Waals surface area (Å²) in [4.78, 5) is 27.8. The van der Waals surface area contributed by atoms with Gasteiger partial charge in [-0.2, -0.15) is 0 Å². The zero-order valence-electron chi connectivity index (χ0n) is 23.8. The van der Waals surface area contributed by atoms with Crippen LogP contribution < -0.4 is 14.8 Å². The number of hydrogen-bond acceptors (Lipinski definition) is 6. The van der Waals surface area contributed by atoms with E-state index >= 15 is 0 Å². The maximum Gasteiger partial charge on any atom is 0.220 e. The van der Waals surface area contributed by atoms with Crippen LogP contribution in [0, 0.1) is 5.92 Å². The van der Waals surface area contributed by atoms with Crippen molar-refractivity contribution < 1.29 is 24.2 Å². The summed E-state index contributed by atoms with van der Waals surface area (Å²) in [5.41, 5.74) is 1.45. The van der Waals surface area contributed by atoms with E-state index in [9.17, 15) is 14.7 Å². The maximum atomic E-state index is 13.0. The van der Waals surface area contributed by atoms with Crippen LogP contribution in [0.2, 0.25) is 0 Å². The number of fused-ring (bicyclic) bond motifs is 1. The minimum absolute atomic E-state index is 0.0560. The molecule has 39 heavy (non-hydrogen) atoms.